The molecule has 0 aliphatic heterocycles. The summed E-state index contributed by atoms with van der Waals surface area (Å²) in [5.74, 6) is 0.183. The van der Waals surface area contributed by atoms with E-state index in [2.05, 4.69) is 11.6 Å². The molecule has 1 heterocycles. The fourth-order valence-electron chi connectivity index (χ4n) is 3.12. The maximum Gasteiger partial charge on any atom is 0.262 e. The van der Waals surface area contributed by atoms with E-state index in [0.717, 1.165) is 5.56 Å². The van der Waals surface area contributed by atoms with E-state index in [9.17, 15) is 9.59 Å². The number of fused-ring (bicyclic) bond motifs is 1. The molecule has 3 aromatic rings. The lowest BCUT2D eigenvalue weighted by atomic mass is 10.2. The van der Waals surface area contributed by atoms with Gasteiger partial charge in [-0.25, -0.2) is 4.98 Å². The zero-order chi connectivity index (χ0) is 21.7. The van der Waals surface area contributed by atoms with Crippen LogP contribution in [0.25, 0.3) is 10.9 Å². The molecule has 0 saturated carbocycles. The van der Waals surface area contributed by atoms with Gasteiger partial charge in [-0.1, -0.05) is 59.8 Å². The molecule has 2 aromatic carbocycles. The zero-order valence-electron chi connectivity index (χ0n) is 17.0. The lowest BCUT2D eigenvalue weighted by molar-refractivity contribution is -0.130. The van der Waals surface area contributed by atoms with Gasteiger partial charge in [0.2, 0.25) is 5.91 Å². The first-order valence-electron chi connectivity index (χ1n) is 9.68. The van der Waals surface area contributed by atoms with E-state index in [1.54, 1.807) is 24.3 Å². The van der Waals surface area contributed by atoms with Crippen molar-refractivity contribution in [2.75, 3.05) is 5.75 Å². The van der Waals surface area contributed by atoms with Crippen molar-refractivity contribution in [3.05, 3.63) is 82.1 Å². The van der Waals surface area contributed by atoms with E-state index < -0.39 is 0 Å². The Bertz CT molecular complexity index is 1110. The Morgan fingerprint density at radius 3 is 2.67 bits per heavy atom. The minimum Gasteiger partial charge on any atom is -0.335 e. The average molecular weight is 442 g/mol. The number of thioether (sulfide) groups is 1. The summed E-state index contributed by atoms with van der Waals surface area (Å²) in [5, 5.41) is 1.43. The van der Waals surface area contributed by atoms with Gasteiger partial charge in [0, 0.05) is 24.2 Å². The molecule has 0 saturated heterocycles. The number of allylic oxidation sites excluding steroid dienone is 1. The Morgan fingerprint density at radius 1 is 1.27 bits per heavy atom. The number of carbonyl (C=O) groups excluding carboxylic acids is 1. The minimum atomic E-state index is -0.192. The molecule has 1 aromatic heterocycles. The molecular formula is C23H24ClN3O2S. The van der Waals surface area contributed by atoms with Crippen LogP contribution in [0.2, 0.25) is 5.02 Å². The van der Waals surface area contributed by atoms with Crippen molar-refractivity contribution in [3.8, 4) is 0 Å². The highest BCUT2D eigenvalue weighted by Gasteiger charge is 2.19. The first-order valence-corrected chi connectivity index (χ1v) is 11.0. The molecular weight excluding hydrogens is 418 g/mol. The van der Waals surface area contributed by atoms with Gasteiger partial charge in [-0.2, -0.15) is 0 Å². The fourth-order valence-corrected chi connectivity index (χ4v) is 4.19. The molecule has 0 spiro atoms. The molecule has 30 heavy (non-hydrogen) atoms. The standard InChI is InChI=1S/C23H24ClN3O2S/c1-4-12-26-22(29)19-13-18(24)10-11-20(19)25-23(26)30-15-21(28)27(16(2)3)14-17-8-6-5-7-9-17/h4-11,13,16H,1,12,14-15H2,2-3H3. The summed E-state index contributed by atoms with van der Waals surface area (Å²) in [6, 6.07) is 15.0. The van der Waals surface area contributed by atoms with Crippen molar-refractivity contribution in [2.24, 2.45) is 0 Å². The third kappa shape index (κ3) is 5.12. The van der Waals surface area contributed by atoms with Crippen molar-refractivity contribution in [1.29, 1.82) is 0 Å². The molecule has 1 amide bonds. The van der Waals surface area contributed by atoms with Gasteiger partial charge in [0.1, 0.15) is 0 Å². The Hall–Kier alpha value is -2.57. The Labute approximate surface area is 185 Å². The Kier molecular flexibility index (Phi) is 7.34. The van der Waals surface area contributed by atoms with Crippen LogP contribution in [0.3, 0.4) is 0 Å². The minimum absolute atomic E-state index is 0.00513. The predicted molar refractivity (Wildman–Crippen MR) is 124 cm³/mol. The van der Waals surface area contributed by atoms with Gasteiger partial charge in [-0.15, -0.1) is 6.58 Å². The number of amides is 1. The SMILES string of the molecule is C=CCn1c(SCC(=O)N(Cc2ccccc2)C(C)C)nc2ccc(Cl)cc2c1=O. The quantitative estimate of drug-likeness (QED) is 0.287. The summed E-state index contributed by atoms with van der Waals surface area (Å²) in [6.45, 7) is 8.58. The van der Waals surface area contributed by atoms with E-state index in [4.69, 9.17) is 11.6 Å². The monoisotopic (exact) mass is 441 g/mol. The number of hydrogen-bond donors (Lipinski definition) is 0. The van der Waals surface area contributed by atoms with Crippen LogP contribution >= 0.6 is 23.4 Å². The fraction of sp³-hybridized carbons (Fsp3) is 0.261. The predicted octanol–water partition coefficient (Wildman–Crippen LogP) is 4.77. The molecule has 0 N–H and O–H groups in total. The molecule has 0 bridgehead atoms. The van der Waals surface area contributed by atoms with Crippen molar-refractivity contribution in [1.82, 2.24) is 14.5 Å². The third-order valence-electron chi connectivity index (χ3n) is 4.66. The van der Waals surface area contributed by atoms with Crippen LogP contribution < -0.4 is 5.56 Å². The highest BCUT2D eigenvalue weighted by atomic mass is 35.5. The number of halogens is 1. The van der Waals surface area contributed by atoms with Gasteiger partial charge in [-0.3, -0.25) is 14.2 Å². The zero-order valence-corrected chi connectivity index (χ0v) is 18.6. The second-order valence-corrected chi connectivity index (χ2v) is 8.53. The summed E-state index contributed by atoms with van der Waals surface area (Å²) in [6.07, 6.45) is 1.64. The highest BCUT2D eigenvalue weighted by molar-refractivity contribution is 7.99. The van der Waals surface area contributed by atoms with Gasteiger partial charge < -0.3 is 4.90 Å². The maximum absolute atomic E-state index is 13.0. The molecule has 0 radical (unpaired) electrons. The summed E-state index contributed by atoms with van der Waals surface area (Å²) in [4.78, 5) is 32.3. The van der Waals surface area contributed by atoms with E-state index in [1.807, 2.05) is 49.1 Å². The number of aromatic nitrogens is 2. The van der Waals surface area contributed by atoms with Gasteiger partial charge in [-0.05, 0) is 37.6 Å². The molecule has 0 aliphatic rings. The third-order valence-corrected chi connectivity index (χ3v) is 5.85. The van der Waals surface area contributed by atoms with Crippen LogP contribution in [0.15, 0.2) is 71.1 Å². The largest absolute Gasteiger partial charge is 0.335 e. The number of carbonyl (C=O) groups is 1. The summed E-state index contributed by atoms with van der Waals surface area (Å²) >= 11 is 7.31. The van der Waals surface area contributed by atoms with Crippen molar-refractivity contribution >= 4 is 40.2 Å². The normalized spacial score (nSPS) is 11.1. The average Bonchev–Trinajstić information content (AvgIpc) is 2.73. The number of nitrogens with zero attached hydrogens (tertiary/aromatic N) is 3. The van der Waals surface area contributed by atoms with Gasteiger partial charge in [0.25, 0.3) is 5.56 Å². The number of benzene rings is 2. The topological polar surface area (TPSA) is 55.2 Å². The van der Waals surface area contributed by atoms with E-state index >= 15 is 0 Å². The maximum atomic E-state index is 13.0. The summed E-state index contributed by atoms with van der Waals surface area (Å²) in [5.41, 5.74) is 1.45. The summed E-state index contributed by atoms with van der Waals surface area (Å²) < 4.78 is 1.53. The number of hydrogen-bond acceptors (Lipinski definition) is 4. The van der Waals surface area contributed by atoms with Crippen LogP contribution in [0.1, 0.15) is 19.4 Å². The van der Waals surface area contributed by atoms with Crippen molar-refractivity contribution in [2.45, 2.75) is 38.1 Å². The molecule has 5 nitrogen and oxygen atoms in total. The van der Waals surface area contributed by atoms with Gasteiger partial charge in [0.15, 0.2) is 5.16 Å². The van der Waals surface area contributed by atoms with Gasteiger partial charge >= 0.3 is 0 Å². The molecule has 0 aliphatic carbocycles. The molecule has 0 fully saturated rings. The van der Waals surface area contributed by atoms with E-state index in [0.29, 0.717) is 34.2 Å². The van der Waals surface area contributed by atoms with Crippen LogP contribution in [-0.2, 0) is 17.9 Å². The lowest BCUT2D eigenvalue weighted by Gasteiger charge is -2.27. The first kappa shape index (κ1) is 22.1. The first-order chi connectivity index (χ1) is 14.4. The molecule has 0 unspecified atom stereocenters. The van der Waals surface area contributed by atoms with Crippen LogP contribution in [0, 0.1) is 0 Å². The molecule has 156 valence electrons. The van der Waals surface area contributed by atoms with E-state index in [1.165, 1.54) is 16.3 Å². The molecule has 3 rings (SSSR count). The van der Waals surface area contributed by atoms with Crippen molar-refractivity contribution < 1.29 is 4.79 Å². The molecule has 7 heteroatoms. The second-order valence-electron chi connectivity index (χ2n) is 7.15. The summed E-state index contributed by atoms with van der Waals surface area (Å²) in [7, 11) is 0. The van der Waals surface area contributed by atoms with Crippen LogP contribution in [0.5, 0.6) is 0 Å². The number of rotatable bonds is 8. The van der Waals surface area contributed by atoms with Crippen LogP contribution in [0.4, 0.5) is 0 Å². The van der Waals surface area contributed by atoms with Crippen molar-refractivity contribution in [3.63, 3.8) is 0 Å². The lowest BCUT2D eigenvalue weighted by Crippen LogP contribution is -2.37. The Morgan fingerprint density at radius 2 is 2.00 bits per heavy atom. The van der Waals surface area contributed by atoms with Crippen LogP contribution in [-0.4, -0.2) is 32.2 Å². The smallest absolute Gasteiger partial charge is 0.262 e. The Balaban J connectivity index is 1.85. The van der Waals surface area contributed by atoms with E-state index in [-0.39, 0.29) is 23.3 Å². The second kappa shape index (κ2) is 9.96. The molecule has 0 atom stereocenters. The highest BCUT2D eigenvalue weighted by Crippen LogP contribution is 2.21. The van der Waals surface area contributed by atoms with Gasteiger partial charge in [0.05, 0.1) is 16.7 Å².